The number of carbonyl (C=O) groups excluding carboxylic acids is 1. The Labute approximate surface area is 282 Å². The van der Waals surface area contributed by atoms with Gasteiger partial charge in [-0.3, -0.25) is 9.36 Å². The van der Waals surface area contributed by atoms with Crippen molar-refractivity contribution in [2.24, 2.45) is 11.1 Å². The number of aryl methyl sites for hydroxylation is 1. The fourth-order valence-electron chi connectivity index (χ4n) is 7.32. The molecular weight excluding hydrogens is 606 g/mol. The molecule has 3 heterocycles. The number of hydrogen-bond acceptors (Lipinski definition) is 8. The molecule has 1 aliphatic carbocycles. The number of aliphatic hydroxyl groups is 1. The van der Waals surface area contributed by atoms with Crippen LogP contribution in [0.3, 0.4) is 0 Å². The monoisotopic (exact) mass is 655 g/mol. The Morgan fingerprint density at radius 3 is 2.40 bits per heavy atom. The van der Waals surface area contributed by atoms with Crippen LogP contribution in [0, 0.1) is 5.92 Å². The molecule has 0 bridgehead atoms. The first-order valence-electron chi connectivity index (χ1n) is 17.5. The van der Waals surface area contributed by atoms with E-state index in [0.717, 1.165) is 65.6 Å². The zero-order valence-corrected chi connectivity index (χ0v) is 28.9. The zero-order valence-electron chi connectivity index (χ0n) is 28.9. The van der Waals surface area contributed by atoms with Crippen molar-refractivity contribution in [1.29, 1.82) is 0 Å². The van der Waals surface area contributed by atoms with Gasteiger partial charge in [0.05, 0.1) is 17.0 Å². The number of rotatable bonds is 9. The average Bonchev–Trinajstić information content (AvgIpc) is 3.60. The molecule has 1 saturated heterocycles. The number of carbonyl (C=O) groups is 1. The molecule has 10 heteroatoms. The van der Waals surface area contributed by atoms with Crippen LogP contribution in [0.4, 0.5) is 0 Å². The fourth-order valence-corrected chi connectivity index (χ4v) is 7.32. The van der Waals surface area contributed by atoms with Crippen molar-refractivity contribution in [3.05, 3.63) is 87.6 Å². The molecule has 2 aliphatic rings. The maximum Gasteiger partial charge on any atom is 0.331 e. The molecule has 0 unspecified atom stereocenters. The van der Waals surface area contributed by atoms with Crippen LogP contribution >= 0.6 is 0 Å². The van der Waals surface area contributed by atoms with Gasteiger partial charge in [-0.25, -0.2) is 9.31 Å². The number of ether oxygens (including phenoxy) is 1. The van der Waals surface area contributed by atoms with Crippen LogP contribution in [-0.2, 0) is 27.2 Å². The number of benzene rings is 2. The van der Waals surface area contributed by atoms with Gasteiger partial charge in [-0.05, 0) is 74.5 Å². The van der Waals surface area contributed by atoms with E-state index in [2.05, 4.69) is 46.4 Å². The summed E-state index contributed by atoms with van der Waals surface area (Å²) in [4.78, 5) is 35.1. The number of fused-ring (bicyclic) bond motifs is 1. The van der Waals surface area contributed by atoms with Crippen LogP contribution in [0.2, 0.25) is 0 Å². The summed E-state index contributed by atoms with van der Waals surface area (Å²) in [5, 5.41) is 20.1. The zero-order chi connectivity index (χ0) is 34.3. The first kappa shape index (κ1) is 35.2. The second kappa shape index (κ2) is 15.8. The maximum absolute atomic E-state index is 14.4. The van der Waals surface area contributed by atoms with E-state index in [0.29, 0.717) is 50.4 Å². The first-order chi connectivity index (χ1) is 23.3. The summed E-state index contributed by atoms with van der Waals surface area (Å²) >= 11 is 0. The molecule has 0 atom stereocenters. The molecule has 0 spiro atoms. The summed E-state index contributed by atoms with van der Waals surface area (Å²) < 4.78 is 9.24. The van der Waals surface area contributed by atoms with Crippen molar-refractivity contribution >= 4 is 17.5 Å². The van der Waals surface area contributed by atoms with Crippen molar-refractivity contribution in [2.75, 3.05) is 13.2 Å². The van der Waals surface area contributed by atoms with Gasteiger partial charge in [0, 0.05) is 43.7 Å². The fraction of sp³-hybridized carbons (Fsp3) is 0.500. The Hall–Kier alpha value is -4.15. The van der Waals surface area contributed by atoms with E-state index in [1.54, 1.807) is 0 Å². The molecule has 256 valence electrons. The van der Waals surface area contributed by atoms with Crippen LogP contribution in [0.5, 0.6) is 0 Å². The van der Waals surface area contributed by atoms with Crippen LogP contribution in [0.25, 0.3) is 16.9 Å². The largest absolute Gasteiger partial charge is 0.390 e. The van der Waals surface area contributed by atoms with E-state index in [1.165, 1.54) is 13.3 Å². The Morgan fingerprint density at radius 2 is 1.73 bits per heavy atom. The van der Waals surface area contributed by atoms with Crippen molar-refractivity contribution in [3.63, 3.8) is 0 Å². The lowest BCUT2D eigenvalue weighted by Gasteiger charge is -2.43. The van der Waals surface area contributed by atoms with Gasteiger partial charge in [0.1, 0.15) is 6.33 Å². The van der Waals surface area contributed by atoms with Crippen LogP contribution in [0.1, 0.15) is 108 Å². The van der Waals surface area contributed by atoms with Crippen molar-refractivity contribution < 1.29 is 19.5 Å². The highest BCUT2D eigenvalue weighted by Gasteiger charge is 2.41. The van der Waals surface area contributed by atoms with Crippen LogP contribution in [-0.4, -0.2) is 54.8 Å². The first-order valence-corrected chi connectivity index (χ1v) is 17.5. The minimum Gasteiger partial charge on any atom is -0.390 e. The topological polar surface area (TPSA) is 120 Å². The van der Waals surface area contributed by atoms with Gasteiger partial charge in [0.25, 0.3) is 5.56 Å². The SMILES string of the molecule is CC.CCCc1c(Cc2ccc(-c3ccccc3/C(C)=N/OC(C)=O)cc2)c(=O)n(C2CCC(O)(C3CCOCC3)CC2)c2ncnn12. The van der Waals surface area contributed by atoms with Crippen LogP contribution in [0.15, 0.2) is 64.8 Å². The molecule has 48 heavy (non-hydrogen) atoms. The summed E-state index contributed by atoms with van der Waals surface area (Å²) in [6.45, 7) is 10.7. The van der Waals surface area contributed by atoms with E-state index in [4.69, 9.17) is 9.57 Å². The van der Waals surface area contributed by atoms with Crippen molar-refractivity contribution in [3.8, 4) is 11.1 Å². The Kier molecular flexibility index (Phi) is 11.6. The molecule has 1 aliphatic heterocycles. The summed E-state index contributed by atoms with van der Waals surface area (Å²) in [6.07, 6.45) is 8.13. The van der Waals surface area contributed by atoms with Gasteiger partial charge in [0.15, 0.2) is 0 Å². The number of nitrogens with zero attached hydrogens (tertiary/aromatic N) is 5. The Bertz CT molecular complexity index is 1780. The standard InChI is InChI=1S/C36H43N5O5.C2H6/c1-4-7-33-32(22-26-10-12-27(13-11-26)31-9-6-5-8-30(31)24(2)39-46-25(3)42)34(43)40(35-37-23-38-41(33)35)29-14-18-36(44,19-15-29)28-16-20-45-21-17-28;1-2/h5-6,8-13,23,28-29,44H,4,7,14-22H2,1-3H3;1-2H3/b39-24+;. The van der Waals surface area contributed by atoms with Gasteiger partial charge in [-0.1, -0.05) is 80.9 Å². The van der Waals surface area contributed by atoms with Crippen LogP contribution < -0.4 is 5.56 Å². The highest BCUT2D eigenvalue weighted by atomic mass is 16.7. The molecule has 2 aromatic carbocycles. The molecule has 1 N–H and O–H groups in total. The molecule has 0 amide bonds. The van der Waals surface area contributed by atoms with E-state index in [1.807, 2.05) is 54.1 Å². The lowest BCUT2D eigenvalue weighted by molar-refractivity contribution is -0.140. The average molecular weight is 656 g/mol. The lowest BCUT2D eigenvalue weighted by Crippen LogP contribution is -2.45. The molecule has 0 radical (unpaired) electrons. The lowest BCUT2D eigenvalue weighted by atomic mass is 9.71. The third-order valence-corrected chi connectivity index (χ3v) is 9.75. The molecule has 1 saturated carbocycles. The highest BCUT2D eigenvalue weighted by molar-refractivity contribution is 6.04. The molecule has 2 aromatic heterocycles. The number of aromatic nitrogens is 4. The number of hydrogen-bond donors (Lipinski definition) is 1. The van der Waals surface area contributed by atoms with Crippen molar-refractivity contribution in [1.82, 2.24) is 19.2 Å². The summed E-state index contributed by atoms with van der Waals surface area (Å²) in [5.74, 6) is 0.359. The molecule has 6 rings (SSSR count). The van der Waals surface area contributed by atoms with E-state index in [9.17, 15) is 14.7 Å². The summed E-state index contributed by atoms with van der Waals surface area (Å²) in [5.41, 5.74) is 5.38. The van der Waals surface area contributed by atoms with E-state index < -0.39 is 11.6 Å². The second-order valence-electron chi connectivity index (χ2n) is 12.7. The third kappa shape index (κ3) is 7.45. The van der Waals surface area contributed by atoms with E-state index >= 15 is 0 Å². The smallest absolute Gasteiger partial charge is 0.331 e. The van der Waals surface area contributed by atoms with E-state index in [-0.39, 0.29) is 17.5 Å². The normalized spacial score (nSPS) is 20.3. The van der Waals surface area contributed by atoms with Gasteiger partial charge < -0.3 is 14.7 Å². The predicted octanol–water partition coefficient (Wildman–Crippen LogP) is 6.69. The molecule has 10 nitrogen and oxygen atoms in total. The highest BCUT2D eigenvalue weighted by Crippen LogP contribution is 2.42. The second-order valence-corrected chi connectivity index (χ2v) is 12.7. The quantitative estimate of drug-likeness (QED) is 0.121. The Balaban J connectivity index is 0.00000221. The Morgan fingerprint density at radius 1 is 1.04 bits per heavy atom. The van der Waals surface area contributed by atoms with Gasteiger partial charge >= 0.3 is 5.97 Å². The predicted molar refractivity (Wildman–Crippen MR) is 187 cm³/mol. The minimum atomic E-state index is -0.704. The minimum absolute atomic E-state index is 0.0165. The molecular formula is C38H49N5O5. The van der Waals surface area contributed by atoms with Gasteiger partial charge in [0.2, 0.25) is 5.78 Å². The summed E-state index contributed by atoms with van der Waals surface area (Å²) in [6, 6.07) is 16.0. The number of oxime groups is 1. The third-order valence-electron chi connectivity index (χ3n) is 9.75. The molecule has 2 fully saturated rings. The van der Waals surface area contributed by atoms with Gasteiger partial charge in [-0.2, -0.15) is 10.1 Å². The van der Waals surface area contributed by atoms with Crippen molar-refractivity contribution in [2.45, 2.75) is 104 Å². The molecule has 4 aromatic rings. The summed E-state index contributed by atoms with van der Waals surface area (Å²) in [7, 11) is 0. The van der Waals surface area contributed by atoms with Gasteiger partial charge in [-0.15, -0.1) is 0 Å². The maximum atomic E-state index is 14.4.